The molecule has 94 valence electrons. The summed E-state index contributed by atoms with van der Waals surface area (Å²) < 4.78 is 11.8. The molecule has 0 aliphatic heterocycles. The highest BCUT2D eigenvalue weighted by Crippen LogP contribution is 2.36. The molecule has 0 atom stereocenters. The van der Waals surface area contributed by atoms with Gasteiger partial charge in [0.1, 0.15) is 4.99 Å². The van der Waals surface area contributed by atoms with Crippen molar-refractivity contribution >= 4 is 33.1 Å². The van der Waals surface area contributed by atoms with Crippen molar-refractivity contribution in [2.75, 3.05) is 13.7 Å². The van der Waals surface area contributed by atoms with Gasteiger partial charge in [0.2, 0.25) is 0 Å². The van der Waals surface area contributed by atoms with E-state index in [0.717, 1.165) is 22.9 Å². The minimum absolute atomic E-state index is 0.337. The Morgan fingerprint density at radius 1 is 1.47 bits per heavy atom. The van der Waals surface area contributed by atoms with Gasteiger partial charge in [0.25, 0.3) is 0 Å². The third kappa shape index (κ3) is 3.85. The van der Waals surface area contributed by atoms with Crippen LogP contribution in [0.5, 0.6) is 11.5 Å². The van der Waals surface area contributed by atoms with Crippen LogP contribution in [-0.2, 0) is 0 Å². The van der Waals surface area contributed by atoms with Gasteiger partial charge in [-0.1, -0.05) is 25.6 Å². The van der Waals surface area contributed by atoms with E-state index >= 15 is 0 Å². The lowest BCUT2D eigenvalue weighted by Crippen LogP contribution is -2.10. The topological polar surface area (TPSA) is 44.5 Å². The van der Waals surface area contributed by atoms with E-state index in [1.165, 1.54) is 0 Å². The number of nitrogens with two attached hydrogens (primary N) is 1. The van der Waals surface area contributed by atoms with Crippen molar-refractivity contribution in [2.45, 2.75) is 19.8 Å². The van der Waals surface area contributed by atoms with Crippen LogP contribution in [0.3, 0.4) is 0 Å². The molecule has 0 spiro atoms. The predicted octanol–water partition coefficient (Wildman–Crippen LogP) is 3.27. The standard InChI is InChI=1S/C12H16BrNO2S/c1-3-4-5-16-11-9(13)6-8(12(14)17)7-10(11)15-2/h6-7H,3-5H2,1-2H3,(H2,14,17). The number of ether oxygens (including phenoxy) is 2. The van der Waals surface area contributed by atoms with Crippen molar-refractivity contribution in [3.63, 3.8) is 0 Å². The maximum atomic E-state index is 5.68. The van der Waals surface area contributed by atoms with Gasteiger partial charge in [-0.05, 0) is 34.5 Å². The summed E-state index contributed by atoms with van der Waals surface area (Å²) in [6.45, 7) is 2.78. The summed E-state index contributed by atoms with van der Waals surface area (Å²) in [5, 5.41) is 0. The molecule has 0 heterocycles. The Balaban J connectivity index is 2.99. The van der Waals surface area contributed by atoms with Crippen molar-refractivity contribution in [2.24, 2.45) is 5.73 Å². The van der Waals surface area contributed by atoms with E-state index in [9.17, 15) is 0 Å². The molecule has 0 aliphatic rings. The molecule has 5 heteroatoms. The lowest BCUT2D eigenvalue weighted by molar-refractivity contribution is 0.286. The molecule has 0 radical (unpaired) electrons. The molecule has 0 aromatic heterocycles. The highest BCUT2D eigenvalue weighted by Gasteiger charge is 2.12. The number of rotatable bonds is 6. The average Bonchev–Trinajstić information content (AvgIpc) is 2.30. The molecule has 0 unspecified atom stereocenters. The van der Waals surface area contributed by atoms with Crippen LogP contribution in [-0.4, -0.2) is 18.7 Å². The van der Waals surface area contributed by atoms with E-state index in [4.69, 9.17) is 27.4 Å². The predicted molar refractivity (Wildman–Crippen MR) is 77.0 cm³/mol. The van der Waals surface area contributed by atoms with E-state index in [1.807, 2.05) is 6.07 Å². The van der Waals surface area contributed by atoms with E-state index in [1.54, 1.807) is 13.2 Å². The summed E-state index contributed by atoms with van der Waals surface area (Å²) in [5.74, 6) is 1.33. The smallest absolute Gasteiger partial charge is 0.175 e. The summed E-state index contributed by atoms with van der Waals surface area (Å²) in [6.07, 6.45) is 2.09. The van der Waals surface area contributed by atoms with Crippen LogP contribution in [0, 0.1) is 0 Å². The van der Waals surface area contributed by atoms with Gasteiger partial charge in [-0.25, -0.2) is 0 Å². The zero-order chi connectivity index (χ0) is 12.8. The van der Waals surface area contributed by atoms with E-state index in [2.05, 4.69) is 22.9 Å². The summed E-state index contributed by atoms with van der Waals surface area (Å²) in [7, 11) is 1.60. The summed E-state index contributed by atoms with van der Waals surface area (Å²) in [6, 6.07) is 3.63. The molecule has 3 nitrogen and oxygen atoms in total. The van der Waals surface area contributed by atoms with Crippen molar-refractivity contribution in [1.29, 1.82) is 0 Å². The maximum Gasteiger partial charge on any atom is 0.175 e. The van der Waals surface area contributed by atoms with Gasteiger partial charge in [0.15, 0.2) is 11.5 Å². The monoisotopic (exact) mass is 317 g/mol. The number of halogens is 1. The number of thiocarbonyl (C=S) groups is 1. The molecule has 0 aliphatic carbocycles. The average molecular weight is 318 g/mol. The molecule has 1 rings (SSSR count). The van der Waals surface area contributed by atoms with Crippen LogP contribution in [0.4, 0.5) is 0 Å². The molecule has 0 saturated heterocycles. The molecule has 17 heavy (non-hydrogen) atoms. The second-order valence-electron chi connectivity index (χ2n) is 3.56. The summed E-state index contributed by atoms with van der Waals surface area (Å²) >= 11 is 8.38. The molecule has 0 fully saturated rings. The van der Waals surface area contributed by atoms with Gasteiger partial charge in [-0.15, -0.1) is 0 Å². The lowest BCUT2D eigenvalue weighted by Gasteiger charge is -2.13. The van der Waals surface area contributed by atoms with Crippen LogP contribution < -0.4 is 15.2 Å². The second-order valence-corrected chi connectivity index (χ2v) is 4.85. The minimum atomic E-state index is 0.337. The summed E-state index contributed by atoms with van der Waals surface area (Å²) in [4.78, 5) is 0.337. The summed E-state index contributed by atoms with van der Waals surface area (Å²) in [5.41, 5.74) is 6.35. The Bertz CT molecular complexity index is 410. The Hall–Kier alpha value is -0.810. The molecule has 0 bridgehead atoms. The second kappa shape index (κ2) is 6.81. The first-order valence-electron chi connectivity index (χ1n) is 5.40. The highest BCUT2D eigenvalue weighted by molar-refractivity contribution is 9.10. The van der Waals surface area contributed by atoms with Crippen molar-refractivity contribution in [1.82, 2.24) is 0 Å². The van der Waals surface area contributed by atoms with E-state index in [0.29, 0.717) is 23.1 Å². The quantitative estimate of drug-likeness (QED) is 0.646. The first-order chi connectivity index (χ1) is 8.10. The van der Waals surface area contributed by atoms with E-state index < -0.39 is 0 Å². The molecule has 1 aromatic rings. The van der Waals surface area contributed by atoms with Gasteiger partial charge < -0.3 is 15.2 Å². The number of unbranched alkanes of at least 4 members (excludes halogenated alkanes) is 1. The van der Waals surface area contributed by atoms with Gasteiger partial charge in [0, 0.05) is 5.56 Å². The lowest BCUT2D eigenvalue weighted by atomic mass is 10.2. The van der Waals surface area contributed by atoms with Crippen molar-refractivity contribution in [3.8, 4) is 11.5 Å². The zero-order valence-corrected chi connectivity index (χ0v) is 12.4. The van der Waals surface area contributed by atoms with Crippen LogP contribution in [0.25, 0.3) is 0 Å². The number of hydrogen-bond donors (Lipinski definition) is 1. The minimum Gasteiger partial charge on any atom is -0.493 e. The third-order valence-electron chi connectivity index (χ3n) is 2.26. The highest BCUT2D eigenvalue weighted by atomic mass is 79.9. The van der Waals surface area contributed by atoms with Crippen LogP contribution in [0.1, 0.15) is 25.3 Å². The van der Waals surface area contributed by atoms with Gasteiger partial charge in [0.05, 0.1) is 18.2 Å². The van der Waals surface area contributed by atoms with E-state index in [-0.39, 0.29) is 0 Å². The normalized spacial score (nSPS) is 10.1. The van der Waals surface area contributed by atoms with Gasteiger partial charge in [-0.2, -0.15) is 0 Å². The Morgan fingerprint density at radius 3 is 2.71 bits per heavy atom. The van der Waals surface area contributed by atoms with Gasteiger partial charge in [-0.3, -0.25) is 0 Å². The molecule has 0 saturated carbocycles. The van der Waals surface area contributed by atoms with Gasteiger partial charge >= 0.3 is 0 Å². The molecule has 2 N–H and O–H groups in total. The maximum absolute atomic E-state index is 5.68. The molecule has 0 amide bonds. The Morgan fingerprint density at radius 2 is 2.18 bits per heavy atom. The first kappa shape index (κ1) is 14.3. The van der Waals surface area contributed by atoms with Crippen LogP contribution in [0.15, 0.2) is 16.6 Å². The van der Waals surface area contributed by atoms with Crippen molar-refractivity contribution < 1.29 is 9.47 Å². The molecule has 1 aromatic carbocycles. The fourth-order valence-corrected chi connectivity index (χ4v) is 2.00. The number of benzene rings is 1. The fraction of sp³-hybridized carbons (Fsp3) is 0.417. The van der Waals surface area contributed by atoms with Crippen LogP contribution in [0.2, 0.25) is 0 Å². The molecular formula is C12H16BrNO2S. The largest absolute Gasteiger partial charge is 0.493 e. The molecular weight excluding hydrogens is 302 g/mol. The number of methoxy groups -OCH3 is 1. The van der Waals surface area contributed by atoms with Crippen LogP contribution >= 0.6 is 28.1 Å². The van der Waals surface area contributed by atoms with Crippen molar-refractivity contribution in [3.05, 3.63) is 22.2 Å². The first-order valence-corrected chi connectivity index (χ1v) is 6.60. The zero-order valence-electron chi connectivity index (χ0n) is 9.96. The Labute approximate surface area is 115 Å². The fourth-order valence-electron chi connectivity index (χ4n) is 1.32. The third-order valence-corrected chi connectivity index (χ3v) is 3.08. The number of hydrogen-bond acceptors (Lipinski definition) is 3. The SMILES string of the molecule is CCCCOc1c(Br)cc(C(N)=S)cc1OC. The Kier molecular flexibility index (Phi) is 5.71.